The number of benzene rings is 1. The van der Waals surface area contributed by atoms with Gasteiger partial charge in [0.25, 0.3) is 10.0 Å². The molecule has 6 nitrogen and oxygen atoms in total. The summed E-state index contributed by atoms with van der Waals surface area (Å²) in [6, 6.07) is 5.83. The molecule has 1 aliphatic heterocycles. The summed E-state index contributed by atoms with van der Waals surface area (Å²) >= 11 is 0. The molecule has 1 aromatic heterocycles. The molecule has 1 saturated heterocycles. The van der Waals surface area contributed by atoms with Crippen molar-refractivity contribution in [1.82, 2.24) is 9.62 Å². The minimum atomic E-state index is -3.60. The van der Waals surface area contributed by atoms with E-state index in [1.54, 1.807) is 6.07 Å². The molecule has 0 bridgehead atoms. The van der Waals surface area contributed by atoms with Crippen molar-refractivity contribution in [2.75, 3.05) is 13.1 Å². The van der Waals surface area contributed by atoms with Crippen molar-refractivity contribution in [2.45, 2.75) is 62.0 Å². The highest BCUT2D eigenvalue weighted by molar-refractivity contribution is 7.89. The van der Waals surface area contributed by atoms with Crippen molar-refractivity contribution >= 4 is 15.9 Å². The number of sulfonamides is 1. The minimum Gasteiger partial charge on any atom is -0.452 e. The average Bonchev–Trinajstić information content (AvgIpc) is 3.44. The lowest BCUT2D eigenvalue weighted by molar-refractivity contribution is 0.197. The van der Waals surface area contributed by atoms with E-state index in [0.717, 1.165) is 49.8 Å². The van der Waals surface area contributed by atoms with Gasteiger partial charge in [0, 0.05) is 31.5 Å². The van der Waals surface area contributed by atoms with E-state index in [1.807, 2.05) is 0 Å². The lowest BCUT2D eigenvalue weighted by atomic mass is 9.78. The Labute approximate surface area is 192 Å². The van der Waals surface area contributed by atoms with Crippen molar-refractivity contribution in [3.05, 3.63) is 53.3 Å². The van der Waals surface area contributed by atoms with Crippen LogP contribution < -0.4 is 4.72 Å². The van der Waals surface area contributed by atoms with Crippen LogP contribution in [0.4, 0.5) is 8.78 Å². The Bertz CT molecular complexity index is 1130. The number of fused-ring (bicyclic) bond motifs is 3. The molecule has 2 aliphatic carbocycles. The first-order chi connectivity index (χ1) is 15.8. The van der Waals surface area contributed by atoms with Crippen LogP contribution in [-0.2, 0) is 16.4 Å². The summed E-state index contributed by atoms with van der Waals surface area (Å²) in [6.07, 6.45) is 7.35. The van der Waals surface area contributed by atoms with Gasteiger partial charge in [0.05, 0.1) is 12.1 Å². The normalized spacial score (nSPS) is 27.5. The van der Waals surface area contributed by atoms with E-state index in [2.05, 4.69) is 9.62 Å². The highest BCUT2D eigenvalue weighted by atomic mass is 32.2. The van der Waals surface area contributed by atoms with Gasteiger partial charge in [0.2, 0.25) is 5.09 Å². The largest absolute Gasteiger partial charge is 0.452 e. The monoisotopic (exact) mass is 477 g/mol. The summed E-state index contributed by atoms with van der Waals surface area (Å²) in [5.41, 5.74) is 1.74. The highest BCUT2D eigenvalue weighted by Crippen LogP contribution is 2.44. The SMILES string of the molecule is N=C1CC2c3cc(F)c(F)cc3CCC2N1CC1CCC(CNS(=O)(=O)c2ccco2)CC1. The Balaban J connectivity index is 1.16. The third-order valence-corrected chi connectivity index (χ3v) is 8.97. The first-order valence-electron chi connectivity index (χ1n) is 11.7. The molecule has 2 aromatic rings. The third kappa shape index (κ3) is 4.45. The van der Waals surface area contributed by atoms with Gasteiger partial charge >= 0.3 is 0 Å². The standard InChI is InChI=1S/C24H29F2N3O3S/c25-20-10-17-7-8-22-19(18(17)11-21(20)26)12-23(27)29(22)14-16-5-3-15(4-6-16)13-28-33(30,31)24-2-1-9-32-24/h1-2,9-11,15-16,19,22,27-28H,3-8,12-14H2. The van der Waals surface area contributed by atoms with E-state index in [1.165, 1.54) is 24.5 Å². The van der Waals surface area contributed by atoms with Crippen molar-refractivity contribution in [3.8, 4) is 0 Å². The van der Waals surface area contributed by atoms with Crippen LogP contribution in [0.2, 0.25) is 0 Å². The van der Waals surface area contributed by atoms with Crippen molar-refractivity contribution in [1.29, 1.82) is 5.41 Å². The van der Waals surface area contributed by atoms with Gasteiger partial charge < -0.3 is 9.32 Å². The quantitative estimate of drug-likeness (QED) is 0.645. The Morgan fingerprint density at radius 3 is 2.55 bits per heavy atom. The van der Waals surface area contributed by atoms with Gasteiger partial charge in [-0.2, -0.15) is 0 Å². The van der Waals surface area contributed by atoms with Crippen LogP contribution in [0.1, 0.15) is 55.6 Å². The third-order valence-electron chi connectivity index (χ3n) is 7.66. The molecule has 2 fully saturated rings. The van der Waals surface area contributed by atoms with Crippen LogP contribution in [0.15, 0.2) is 40.0 Å². The van der Waals surface area contributed by atoms with Gasteiger partial charge in [0.15, 0.2) is 11.6 Å². The van der Waals surface area contributed by atoms with Gasteiger partial charge in [-0.1, -0.05) is 0 Å². The molecule has 9 heteroatoms. The Hall–Kier alpha value is -2.26. The minimum absolute atomic E-state index is 0.0590. The number of nitrogens with zero attached hydrogens (tertiary/aromatic N) is 1. The molecule has 1 aromatic carbocycles. The Morgan fingerprint density at radius 2 is 1.82 bits per heavy atom. The second-order valence-corrected chi connectivity index (χ2v) is 11.3. The van der Waals surface area contributed by atoms with E-state index < -0.39 is 21.7 Å². The van der Waals surface area contributed by atoms with Gasteiger partial charge in [0.1, 0.15) is 0 Å². The molecular formula is C24H29F2N3O3S. The summed E-state index contributed by atoms with van der Waals surface area (Å²) in [7, 11) is -3.60. The smallest absolute Gasteiger partial charge is 0.273 e. The van der Waals surface area contributed by atoms with Crippen molar-refractivity contribution < 1.29 is 21.6 Å². The summed E-state index contributed by atoms with van der Waals surface area (Å²) in [6.45, 7) is 1.21. The summed E-state index contributed by atoms with van der Waals surface area (Å²) in [4.78, 5) is 2.19. The Kier molecular flexibility index (Phi) is 6.03. The second-order valence-electron chi connectivity index (χ2n) is 9.65. The highest BCUT2D eigenvalue weighted by Gasteiger charge is 2.42. The maximum absolute atomic E-state index is 13.9. The molecule has 2 heterocycles. The lowest BCUT2D eigenvalue weighted by Gasteiger charge is -2.37. The second kappa shape index (κ2) is 8.83. The van der Waals surface area contributed by atoms with Gasteiger partial charge in [-0.25, -0.2) is 21.9 Å². The van der Waals surface area contributed by atoms with E-state index in [-0.39, 0.29) is 23.0 Å². The van der Waals surface area contributed by atoms with Crippen LogP contribution >= 0.6 is 0 Å². The molecule has 0 amide bonds. The number of likely N-dealkylation sites (tertiary alicyclic amines) is 1. The van der Waals surface area contributed by atoms with Crippen LogP contribution in [0.3, 0.4) is 0 Å². The fraction of sp³-hybridized carbons (Fsp3) is 0.542. The molecule has 1 saturated carbocycles. The first kappa shape index (κ1) is 22.5. The number of hydrogen-bond acceptors (Lipinski definition) is 4. The Morgan fingerprint density at radius 1 is 1.09 bits per heavy atom. The number of rotatable bonds is 6. The molecule has 0 spiro atoms. The molecule has 178 valence electrons. The van der Waals surface area contributed by atoms with Gasteiger partial charge in [-0.05, 0) is 85.8 Å². The predicted molar refractivity (Wildman–Crippen MR) is 120 cm³/mol. The molecule has 2 atom stereocenters. The molecule has 0 radical (unpaired) electrons. The van der Waals surface area contributed by atoms with E-state index in [9.17, 15) is 17.2 Å². The molecular weight excluding hydrogens is 448 g/mol. The van der Waals surface area contributed by atoms with Gasteiger partial charge in [-0.3, -0.25) is 5.41 Å². The zero-order valence-corrected chi connectivity index (χ0v) is 19.2. The van der Waals surface area contributed by atoms with E-state index in [4.69, 9.17) is 9.83 Å². The van der Waals surface area contributed by atoms with Crippen LogP contribution in [-0.4, -0.2) is 38.3 Å². The summed E-state index contributed by atoms with van der Waals surface area (Å²) < 4.78 is 59.7. The maximum atomic E-state index is 13.9. The first-order valence-corrected chi connectivity index (χ1v) is 13.1. The zero-order valence-electron chi connectivity index (χ0n) is 18.4. The fourth-order valence-corrected chi connectivity index (χ4v) is 6.92. The van der Waals surface area contributed by atoms with Crippen molar-refractivity contribution in [3.63, 3.8) is 0 Å². The zero-order chi connectivity index (χ0) is 23.2. The number of hydrogen-bond donors (Lipinski definition) is 2. The number of halogens is 2. The molecule has 5 rings (SSSR count). The number of furan rings is 1. The maximum Gasteiger partial charge on any atom is 0.273 e. The summed E-state index contributed by atoms with van der Waals surface area (Å²) in [5.74, 6) is -0.204. The van der Waals surface area contributed by atoms with Crippen LogP contribution in [0.5, 0.6) is 0 Å². The van der Waals surface area contributed by atoms with Crippen molar-refractivity contribution in [2.24, 2.45) is 11.8 Å². The predicted octanol–water partition coefficient (Wildman–Crippen LogP) is 4.42. The molecule has 33 heavy (non-hydrogen) atoms. The molecule has 2 unspecified atom stereocenters. The number of nitrogens with one attached hydrogen (secondary N) is 2. The molecule has 3 aliphatic rings. The average molecular weight is 478 g/mol. The van der Waals surface area contributed by atoms with Crippen LogP contribution in [0.25, 0.3) is 0 Å². The summed E-state index contributed by atoms with van der Waals surface area (Å²) in [5, 5.41) is 8.51. The topological polar surface area (TPSA) is 86.4 Å². The lowest BCUT2D eigenvalue weighted by Crippen LogP contribution is -2.41. The van der Waals surface area contributed by atoms with E-state index >= 15 is 0 Å². The molecule has 2 N–H and O–H groups in total. The van der Waals surface area contributed by atoms with E-state index in [0.29, 0.717) is 31.1 Å². The van der Waals surface area contributed by atoms with Gasteiger partial charge in [-0.15, -0.1) is 0 Å². The van der Waals surface area contributed by atoms with Crippen LogP contribution in [0, 0.1) is 28.9 Å². The fourth-order valence-electron chi connectivity index (χ4n) is 5.88. The number of aryl methyl sites for hydroxylation is 1. The number of amidine groups is 1.